The first-order valence-electron chi connectivity index (χ1n) is 5.20. The highest BCUT2D eigenvalue weighted by atomic mass is 15.0. The lowest BCUT2D eigenvalue weighted by Gasteiger charge is -2.55. The minimum atomic E-state index is 0.545. The molecule has 1 nitrogen and oxygen atoms in total. The van der Waals surface area contributed by atoms with Gasteiger partial charge in [-0.15, -0.1) is 0 Å². The van der Waals surface area contributed by atoms with Crippen LogP contribution in [0.5, 0.6) is 0 Å². The van der Waals surface area contributed by atoms with Gasteiger partial charge in [-0.2, -0.15) is 0 Å². The number of nitrogens with one attached hydrogen (secondary N) is 1. The van der Waals surface area contributed by atoms with Gasteiger partial charge in [0.2, 0.25) is 0 Å². The zero-order chi connectivity index (χ0) is 8.82. The molecule has 2 aliphatic rings. The molecule has 0 aromatic rings. The molecule has 0 radical (unpaired) electrons. The van der Waals surface area contributed by atoms with Crippen molar-refractivity contribution >= 4 is 0 Å². The maximum Gasteiger partial charge on any atom is 0.00204 e. The molecule has 1 aliphatic carbocycles. The van der Waals surface area contributed by atoms with Crippen molar-refractivity contribution in [3.63, 3.8) is 0 Å². The lowest BCUT2D eigenvalue weighted by molar-refractivity contribution is -0.0169. The van der Waals surface area contributed by atoms with Crippen LogP contribution in [0.3, 0.4) is 0 Å². The molecule has 1 N–H and O–H groups in total. The minimum absolute atomic E-state index is 0.545. The molecule has 0 aromatic carbocycles. The molecule has 0 bridgehead atoms. The second kappa shape index (κ2) is 2.47. The van der Waals surface area contributed by atoms with Crippen LogP contribution in [0.15, 0.2) is 0 Å². The van der Waals surface area contributed by atoms with Crippen LogP contribution < -0.4 is 5.32 Å². The van der Waals surface area contributed by atoms with Gasteiger partial charge >= 0.3 is 0 Å². The predicted molar refractivity (Wildman–Crippen MR) is 52.1 cm³/mol. The number of hydrogen-bond donors (Lipinski definition) is 1. The van der Waals surface area contributed by atoms with Crippen molar-refractivity contribution in [2.75, 3.05) is 13.1 Å². The van der Waals surface area contributed by atoms with E-state index in [4.69, 9.17) is 0 Å². The summed E-state index contributed by atoms with van der Waals surface area (Å²) < 4.78 is 0. The van der Waals surface area contributed by atoms with Crippen LogP contribution in [0.4, 0.5) is 0 Å². The molecule has 0 aromatic heterocycles. The molecule has 0 unspecified atom stereocenters. The molecule has 70 valence electrons. The highest BCUT2D eigenvalue weighted by molar-refractivity contribution is 5.02. The van der Waals surface area contributed by atoms with Crippen LogP contribution >= 0.6 is 0 Å². The molecule has 1 saturated heterocycles. The summed E-state index contributed by atoms with van der Waals surface area (Å²) in [7, 11) is 0. The SMILES string of the molecule is CC(C)(C)CC1CC2(CNC2)C1. The first kappa shape index (κ1) is 8.55. The molecule has 1 heteroatoms. The predicted octanol–water partition coefficient (Wildman–Crippen LogP) is 2.42. The normalized spacial score (nSPS) is 28.2. The Balaban J connectivity index is 1.74. The first-order valence-corrected chi connectivity index (χ1v) is 5.20. The van der Waals surface area contributed by atoms with Crippen molar-refractivity contribution < 1.29 is 0 Å². The Bertz CT molecular complexity index is 166. The fourth-order valence-electron chi connectivity index (χ4n) is 2.94. The van der Waals surface area contributed by atoms with E-state index in [-0.39, 0.29) is 0 Å². The fourth-order valence-corrected chi connectivity index (χ4v) is 2.94. The Kier molecular flexibility index (Phi) is 1.76. The molecule has 1 heterocycles. The van der Waals surface area contributed by atoms with E-state index in [2.05, 4.69) is 26.1 Å². The standard InChI is InChI=1S/C11H21N/c1-10(2,3)4-9-5-11(6-9)7-12-8-11/h9,12H,4-8H2,1-3H3. The van der Waals surface area contributed by atoms with Crippen LogP contribution in [0.25, 0.3) is 0 Å². The Hall–Kier alpha value is -0.0400. The van der Waals surface area contributed by atoms with Crippen LogP contribution in [-0.4, -0.2) is 13.1 Å². The van der Waals surface area contributed by atoms with Crippen LogP contribution in [-0.2, 0) is 0 Å². The van der Waals surface area contributed by atoms with Crippen molar-refractivity contribution in [3.05, 3.63) is 0 Å². The lowest BCUT2D eigenvalue weighted by atomic mass is 9.56. The molecule has 1 aliphatic heterocycles. The average molecular weight is 167 g/mol. The maximum atomic E-state index is 3.39. The summed E-state index contributed by atoms with van der Waals surface area (Å²) in [4.78, 5) is 0. The molecule has 12 heavy (non-hydrogen) atoms. The highest BCUT2D eigenvalue weighted by Gasteiger charge is 2.48. The number of hydrogen-bond acceptors (Lipinski definition) is 1. The number of rotatable bonds is 1. The summed E-state index contributed by atoms with van der Waals surface area (Å²) in [6.45, 7) is 9.67. The van der Waals surface area contributed by atoms with Crippen LogP contribution in [0.2, 0.25) is 0 Å². The Morgan fingerprint density at radius 1 is 1.25 bits per heavy atom. The van der Waals surface area contributed by atoms with Gasteiger partial charge in [-0.05, 0) is 36.0 Å². The van der Waals surface area contributed by atoms with E-state index in [1.54, 1.807) is 0 Å². The molecule has 1 saturated carbocycles. The second-order valence-corrected chi connectivity index (χ2v) is 6.14. The summed E-state index contributed by atoms with van der Waals surface area (Å²) >= 11 is 0. The summed E-state index contributed by atoms with van der Waals surface area (Å²) in [5, 5.41) is 3.39. The van der Waals surface area contributed by atoms with E-state index < -0.39 is 0 Å². The van der Waals surface area contributed by atoms with Crippen molar-refractivity contribution in [1.29, 1.82) is 0 Å². The average Bonchev–Trinajstić information content (AvgIpc) is 1.69. The van der Waals surface area contributed by atoms with Crippen LogP contribution in [0, 0.1) is 16.7 Å². The Labute approximate surface area is 75.9 Å². The van der Waals surface area contributed by atoms with E-state index in [0.29, 0.717) is 5.41 Å². The highest BCUT2D eigenvalue weighted by Crippen LogP contribution is 2.51. The molecule has 0 amide bonds. The monoisotopic (exact) mass is 167 g/mol. The first-order chi connectivity index (χ1) is 5.49. The van der Waals surface area contributed by atoms with E-state index in [9.17, 15) is 0 Å². The van der Waals surface area contributed by atoms with Gasteiger partial charge in [0.05, 0.1) is 0 Å². The topological polar surface area (TPSA) is 12.0 Å². The van der Waals surface area contributed by atoms with Crippen molar-refractivity contribution in [2.24, 2.45) is 16.7 Å². The maximum absolute atomic E-state index is 3.39. The van der Waals surface area contributed by atoms with Crippen molar-refractivity contribution in [2.45, 2.75) is 40.0 Å². The van der Waals surface area contributed by atoms with E-state index in [0.717, 1.165) is 11.3 Å². The summed E-state index contributed by atoms with van der Waals surface area (Å²) in [5.74, 6) is 1.03. The van der Waals surface area contributed by atoms with E-state index in [1.165, 1.54) is 32.4 Å². The molecule has 2 rings (SSSR count). The third-order valence-corrected chi connectivity index (χ3v) is 3.34. The summed E-state index contributed by atoms with van der Waals surface area (Å²) in [6.07, 6.45) is 4.42. The minimum Gasteiger partial charge on any atom is -0.316 e. The quantitative estimate of drug-likeness (QED) is 0.632. The zero-order valence-corrected chi connectivity index (χ0v) is 8.61. The smallest absolute Gasteiger partial charge is 0.00204 e. The third kappa shape index (κ3) is 1.52. The fraction of sp³-hybridized carbons (Fsp3) is 1.00. The van der Waals surface area contributed by atoms with Gasteiger partial charge in [-0.25, -0.2) is 0 Å². The van der Waals surface area contributed by atoms with Crippen LogP contribution in [0.1, 0.15) is 40.0 Å². The molecule has 2 fully saturated rings. The van der Waals surface area contributed by atoms with Gasteiger partial charge in [-0.3, -0.25) is 0 Å². The van der Waals surface area contributed by atoms with Gasteiger partial charge in [0.15, 0.2) is 0 Å². The van der Waals surface area contributed by atoms with Crippen molar-refractivity contribution in [1.82, 2.24) is 5.32 Å². The van der Waals surface area contributed by atoms with Crippen molar-refractivity contribution in [3.8, 4) is 0 Å². The van der Waals surface area contributed by atoms with E-state index in [1.807, 2.05) is 0 Å². The van der Waals surface area contributed by atoms with Gasteiger partial charge < -0.3 is 5.32 Å². The summed E-state index contributed by atoms with van der Waals surface area (Å²) in [5.41, 5.74) is 1.32. The zero-order valence-electron chi connectivity index (χ0n) is 8.61. The molecular weight excluding hydrogens is 146 g/mol. The van der Waals surface area contributed by atoms with Gasteiger partial charge in [-0.1, -0.05) is 20.8 Å². The summed E-state index contributed by atoms with van der Waals surface area (Å²) in [6, 6.07) is 0. The lowest BCUT2D eigenvalue weighted by Crippen LogP contribution is -2.60. The molecular formula is C11H21N. The van der Waals surface area contributed by atoms with Gasteiger partial charge in [0.1, 0.15) is 0 Å². The van der Waals surface area contributed by atoms with E-state index >= 15 is 0 Å². The third-order valence-electron chi connectivity index (χ3n) is 3.34. The second-order valence-electron chi connectivity index (χ2n) is 6.14. The van der Waals surface area contributed by atoms with Gasteiger partial charge in [0, 0.05) is 13.1 Å². The Morgan fingerprint density at radius 3 is 2.17 bits per heavy atom. The van der Waals surface area contributed by atoms with Gasteiger partial charge in [0.25, 0.3) is 0 Å². The molecule has 0 atom stereocenters. The Morgan fingerprint density at radius 2 is 1.83 bits per heavy atom. The largest absolute Gasteiger partial charge is 0.316 e. The molecule has 1 spiro atoms.